The zero-order chi connectivity index (χ0) is 20.8. The zero-order valence-electron chi connectivity index (χ0n) is 17.7. The van der Waals surface area contributed by atoms with E-state index in [1.54, 1.807) is 10.7 Å². The lowest BCUT2D eigenvalue weighted by Crippen LogP contribution is -2.35. The third kappa shape index (κ3) is 3.21. The van der Waals surface area contributed by atoms with Crippen LogP contribution < -0.4 is 0 Å². The smallest absolute Gasteiger partial charge is 0.257 e. The van der Waals surface area contributed by atoms with Gasteiger partial charge in [-0.1, -0.05) is 12.8 Å². The average Bonchev–Trinajstić information content (AvgIpc) is 3.58. The summed E-state index contributed by atoms with van der Waals surface area (Å²) in [7, 11) is 0. The van der Waals surface area contributed by atoms with E-state index in [4.69, 9.17) is 4.98 Å². The van der Waals surface area contributed by atoms with Crippen molar-refractivity contribution in [2.24, 2.45) is 0 Å². The normalized spacial score (nSPS) is 17.7. The van der Waals surface area contributed by atoms with E-state index in [1.165, 1.54) is 37.8 Å². The third-order valence-electron chi connectivity index (χ3n) is 7.04. The molecule has 0 atom stereocenters. The molecule has 1 N–H and O–H groups in total. The van der Waals surface area contributed by atoms with Gasteiger partial charge in [-0.25, -0.2) is 9.50 Å². The monoisotopic (exact) mass is 413 g/mol. The molecule has 0 radical (unpaired) electrons. The number of nitrogens with one attached hydrogen (secondary N) is 1. The summed E-state index contributed by atoms with van der Waals surface area (Å²) in [6, 6.07) is 8.53. The zero-order valence-corrected chi connectivity index (χ0v) is 17.7. The number of pyridine rings is 2. The number of fused-ring (bicyclic) bond motifs is 2. The number of aromatic amines is 1. The van der Waals surface area contributed by atoms with Crippen LogP contribution >= 0.6 is 0 Å². The van der Waals surface area contributed by atoms with Crippen molar-refractivity contribution >= 4 is 22.5 Å². The molecule has 5 heterocycles. The predicted octanol–water partition coefficient (Wildman–Crippen LogP) is 5.16. The van der Waals surface area contributed by atoms with Crippen molar-refractivity contribution in [3.05, 3.63) is 54.1 Å². The maximum absolute atomic E-state index is 13.1. The van der Waals surface area contributed by atoms with Gasteiger partial charge in [-0.2, -0.15) is 5.10 Å². The molecule has 4 aromatic rings. The number of hydrogen-bond donors (Lipinski definition) is 1. The first kappa shape index (κ1) is 18.6. The van der Waals surface area contributed by atoms with Crippen molar-refractivity contribution in [1.29, 1.82) is 0 Å². The molecule has 6 heteroatoms. The van der Waals surface area contributed by atoms with Crippen LogP contribution in [0.25, 0.3) is 27.7 Å². The molecule has 1 aliphatic heterocycles. The molecule has 1 amide bonds. The van der Waals surface area contributed by atoms with Crippen LogP contribution in [0.15, 0.2) is 42.9 Å². The number of carbonyl (C=O) groups excluding carboxylic acids is 1. The summed E-state index contributed by atoms with van der Waals surface area (Å²) in [5.74, 6) is 0.691. The van der Waals surface area contributed by atoms with E-state index < -0.39 is 0 Å². The van der Waals surface area contributed by atoms with Crippen LogP contribution in [-0.4, -0.2) is 43.5 Å². The van der Waals surface area contributed by atoms with Gasteiger partial charge in [0.25, 0.3) is 5.91 Å². The molecule has 0 spiro atoms. The molecule has 2 fully saturated rings. The second-order valence-electron chi connectivity index (χ2n) is 8.97. The molecule has 6 nitrogen and oxygen atoms in total. The Bertz CT molecular complexity index is 1260. The second-order valence-corrected chi connectivity index (χ2v) is 8.97. The van der Waals surface area contributed by atoms with Crippen molar-refractivity contribution in [3.8, 4) is 11.1 Å². The maximum Gasteiger partial charge on any atom is 0.257 e. The van der Waals surface area contributed by atoms with Crippen LogP contribution in [0.3, 0.4) is 0 Å². The molecular formula is C25H27N5O. The molecule has 0 aromatic carbocycles. The summed E-state index contributed by atoms with van der Waals surface area (Å²) in [5.41, 5.74) is 5.88. The molecule has 1 aliphatic carbocycles. The Labute approximate surface area is 181 Å². The van der Waals surface area contributed by atoms with E-state index in [-0.39, 0.29) is 5.91 Å². The van der Waals surface area contributed by atoms with Gasteiger partial charge in [0.1, 0.15) is 5.65 Å². The third-order valence-corrected chi connectivity index (χ3v) is 7.04. The average molecular weight is 414 g/mol. The molecular weight excluding hydrogens is 386 g/mol. The molecule has 6 rings (SSSR count). The molecule has 1 saturated carbocycles. The Morgan fingerprint density at radius 2 is 1.87 bits per heavy atom. The number of hydrogen-bond acceptors (Lipinski definition) is 3. The van der Waals surface area contributed by atoms with Crippen LogP contribution in [0.4, 0.5) is 0 Å². The maximum atomic E-state index is 13.1. The van der Waals surface area contributed by atoms with Gasteiger partial charge in [-0.3, -0.25) is 4.79 Å². The summed E-state index contributed by atoms with van der Waals surface area (Å²) in [6.07, 6.45) is 14.2. The molecule has 4 aromatic heterocycles. The van der Waals surface area contributed by atoms with Crippen molar-refractivity contribution in [2.45, 2.75) is 50.9 Å². The Kier molecular flexibility index (Phi) is 4.51. The first-order valence-corrected chi connectivity index (χ1v) is 11.5. The van der Waals surface area contributed by atoms with E-state index in [0.29, 0.717) is 11.5 Å². The minimum Gasteiger partial charge on any atom is -0.346 e. The number of amides is 1. The summed E-state index contributed by atoms with van der Waals surface area (Å²) in [6.45, 7) is 1.68. The Morgan fingerprint density at radius 3 is 2.71 bits per heavy atom. The van der Waals surface area contributed by atoms with Crippen LogP contribution in [0.2, 0.25) is 0 Å². The fourth-order valence-corrected chi connectivity index (χ4v) is 5.29. The predicted molar refractivity (Wildman–Crippen MR) is 121 cm³/mol. The van der Waals surface area contributed by atoms with Gasteiger partial charge in [0.05, 0.1) is 17.3 Å². The van der Waals surface area contributed by atoms with Crippen molar-refractivity contribution < 1.29 is 4.79 Å². The van der Waals surface area contributed by atoms with Crippen molar-refractivity contribution in [3.63, 3.8) is 0 Å². The lowest BCUT2D eigenvalue weighted by atomic mass is 10.0. The van der Waals surface area contributed by atoms with Crippen molar-refractivity contribution in [2.75, 3.05) is 13.1 Å². The molecule has 2 aliphatic rings. The Hall–Kier alpha value is -3.15. The summed E-state index contributed by atoms with van der Waals surface area (Å²) >= 11 is 0. The van der Waals surface area contributed by atoms with Crippen molar-refractivity contribution in [1.82, 2.24) is 24.5 Å². The van der Waals surface area contributed by atoms with E-state index in [9.17, 15) is 4.79 Å². The van der Waals surface area contributed by atoms with Crippen LogP contribution in [0.5, 0.6) is 0 Å². The highest BCUT2D eigenvalue weighted by Gasteiger charge is 2.22. The Balaban J connectivity index is 1.37. The number of nitrogens with zero attached hydrogens (tertiary/aromatic N) is 4. The number of rotatable bonds is 3. The number of carbonyl (C=O) groups is 1. The summed E-state index contributed by atoms with van der Waals surface area (Å²) in [5, 5.41) is 5.54. The van der Waals surface area contributed by atoms with Gasteiger partial charge < -0.3 is 9.88 Å². The highest BCUT2D eigenvalue weighted by molar-refractivity contribution is 6.02. The molecule has 1 saturated heterocycles. The van der Waals surface area contributed by atoms with E-state index in [2.05, 4.69) is 34.3 Å². The van der Waals surface area contributed by atoms with E-state index >= 15 is 0 Å². The van der Waals surface area contributed by atoms with Gasteiger partial charge >= 0.3 is 0 Å². The fourth-order valence-electron chi connectivity index (χ4n) is 5.29. The summed E-state index contributed by atoms with van der Waals surface area (Å²) < 4.78 is 1.80. The highest BCUT2D eigenvalue weighted by atomic mass is 16.2. The lowest BCUT2D eigenvalue weighted by Gasteiger charge is -2.26. The second kappa shape index (κ2) is 7.52. The fraction of sp³-hybridized carbons (Fsp3) is 0.400. The number of likely N-dealkylation sites (tertiary alicyclic amines) is 1. The topological polar surface area (TPSA) is 66.3 Å². The first-order chi connectivity index (χ1) is 15.3. The largest absolute Gasteiger partial charge is 0.346 e. The van der Waals surface area contributed by atoms with Gasteiger partial charge in [0, 0.05) is 48.0 Å². The lowest BCUT2D eigenvalue weighted by molar-refractivity contribution is 0.0726. The van der Waals surface area contributed by atoms with Gasteiger partial charge in [0.2, 0.25) is 0 Å². The standard InChI is InChI=1S/C25H27N5O/c31-25(29-11-4-1-5-12-29)21-16-27-30-13-10-18(14-23(21)30)20-15-26-24-19(20)8-9-22(28-24)17-6-2-3-7-17/h8-10,13-17H,1-7,11-12H2,(H,26,28). The first-order valence-electron chi connectivity index (χ1n) is 11.5. The minimum atomic E-state index is 0.0913. The van der Waals surface area contributed by atoms with Crippen LogP contribution in [0.1, 0.15) is 66.9 Å². The quantitative estimate of drug-likeness (QED) is 0.504. The molecule has 158 valence electrons. The molecule has 31 heavy (non-hydrogen) atoms. The van der Waals surface area contributed by atoms with Gasteiger partial charge in [-0.15, -0.1) is 0 Å². The van der Waals surface area contributed by atoms with E-state index in [1.807, 2.05) is 17.3 Å². The number of piperidine rings is 1. The van der Waals surface area contributed by atoms with E-state index in [0.717, 1.165) is 53.6 Å². The number of aromatic nitrogens is 4. The number of H-pyrrole nitrogens is 1. The minimum absolute atomic E-state index is 0.0913. The highest BCUT2D eigenvalue weighted by Crippen LogP contribution is 2.35. The van der Waals surface area contributed by atoms with Gasteiger partial charge in [-0.05, 0) is 61.9 Å². The van der Waals surface area contributed by atoms with Crippen LogP contribution in [0, 0.1) is 0 Å². The molecule has 0 bridgehead atoms. The SMILES string of the molecule is O=C(c1cnn2ccc(-c3c[nH]c4nc(C5CCCC5)ccc34)cc12)N1CCCCC1. The summed E-state index contributed by atoms with van der Waals surface area (Å²) in [4.78, 5) is 23.4. The van der Waals surface area contributed by atoms with Crippen LogP contribution in [-0.2, 0) is 0 Å². The van der Waals surface area contributed by atoms with Gasteiger partial charge in [0.15, 0.2) is 0 Å². The molecule has 0 unspecified atom stereocenters. The Morgan fingerprint density at radius 1 is 1.03 bits per heavy atom.